The summed E-state index contributed by atoms with van der Waals surface area (Å²) in [6.45, 7) is 0. The lowest BCUT2D eigenvalue weighted by atomic mass is 10.5. The van der Waals surface area contributed by atoms with Gasteiger partial charge in [-0.3, -0.25) is 5.43 Å². The SMILES string of the molecule is NS(=O)(=O)C1=NNC=CC=C1. The molecule has 0 fully saturated rings. The molecule has 3 N–H and O–H groups in total. The Kier molecular flexibility index (Phi) is 2.06. The Labute approximate surface area is 64.3 Å². The predicted octanol–water partition coefficient (Wildman–Crippen LogP) is -0.738. The van der Waals surface area contributed by atoms with Gasteiger partial charge in [-0.2, -0.15) is 5.10 Å². The number of nitrogens with one attached hydrogen (secondary N) is 1. The molecule has 0 aliphatic carbocycles. The van der Waals surface area contributed by atoms with Gasteiger partial charge < -0.3 is 0 Å². The lowest BCUT2D eigenvalue weighted by molar-refractivity contribution is 0.608. The number of hydrazone groups is 1. The summed E-state index contributed by atoms with van der Waals surface area (Å²) in [4.78, 5) is 0. The van der Waals surface area contributed by atoms with Crippen molar-refractivity contribution < 1.29 is 8.42 Å². The first-order valence-corrected chi connectivity index (χ1v) is 4.34. The summed E-state index contributed by atoms with van der Waals surface area (Å²) < 4.78 is 21.3. The second-order valence-electron chi connectivity index (χ2n) is 1.84. The second kappa shape index (κ2) is 2.85. The number of primary sulfonamides is 1. The van der Waals surface area contributed by atoms with Crippen LogP contribution in [-0.2, 0) is 10.0 Å². The Hall–Kier alpha value is -1.14. The maximum atomic E-state index is 10.7. The Morgan fingerprint density at radius 1 is 1.45 bits per heavy atom. The van der Waals surface area contributed by atoms with Crippen LogP contribution in [0.25, 0.3) is 0 Å². The largest absolute Gasteiger partial charge is 0.284 e. The molecule has 11 heavy (non-hydrogen) atoms. The van der Waals surface area contributed by atoms with Crippen molar-refractivity contribution in [3.05, 3.63) is 24.4 Å². The molecular weight excluding hydrogens is 166 g/mol. The minimum Gasteiger partial charge on any atom is -0.284 e. The van der Waals surface area contributed by atoms with Crippen LogP contribution in [0.4, 0.5) is 0 Å². The molecule has 0 spiro atoms. The summed E-state index contributed by atoms with van der Waals surface area (Å²) >= 11 is 0. The third-order valence-corrected chi connectivity index (χ3v) is 1.80. The molecule has 6 heteroatoms. The van der Waals surface area contributed by atoms with Gasteiger partial charge in [-0.05, 0) is 12.2 Å². The molecule has 0 atom stereocenters. The van der Waals surface area contributed by atoms with Crippen LogP contribution in [0, 0.1) is 0 Å². The lowest BCUT2D eigenvalue weighted by Gasteiger charge is -1.94. The molecule has 0 amide bonds. The van der Waals surface area contributed by atoms with Crippen LogP contribution in [0.5, 0.6) is 0 Å². The van der Waals surface area contributed by atoms with Gasteiger partial charge in [0, 0.05) is 6.20 Å². The molecule has 5 nitrogen and oxygen atoms in total. The van der Waals surface area contributed by atoms with E-state index in [1.165, 1.54) is 18.4 Å². The highest BCUT2D eigenvalue weighted by molar-refractivity contribution is 8.04. The number of nitrogens with zero attached hydrogens (tertiary/aromatic N) is 1. The van der Waals surface area contributed by atoms with E-state index in [1.807, 2.05) is 0 Å². The molecule has 0 saturated heterocycles. The monoisotopic (exact) mass is 173 g/mol. The number of hydrogen-bond donors (Lipinski definition) is 2. The highest BCUT2D eigenvalue weighted by Crippen LogP contribution is 1.92. The summed E-state index contributed by atoms with van der Waals surface area (Å²) in [5.41, 5.74) is 2.39. The van der Waals surface area contributed by atoms with Crippen LogP contribution in [0.1, 0.15) is 0 Å². The van der Waals surface area contributed by atoms with Crippen molar-refractivity contribution in [3.8, 4) is 0 Å². The van der Waals surface area contributed by atoms with Gasteiger partial charge in [-0.15, -0.1) is 0 Å². The first-order valence-electron chi connectivity index (χ1n) is 2.80. The van der Waals surface area contributed by atoms with E-state index in [0.717, 1.165) is 0 Å². The third kappa shape index (κ3) is 2.17. The van der Waals surface area contributed by atoms with Crippen LogP contribution in [0.15, 0.2) is 29.5 Å². The molecule has 1 aliphatic heterocycles. The van der Waals surface area contributed by atoms with Crippen LogP contribution in [0.2, 0.25) is 0 Å². The Balaban J connectivity index is 3.00. The average Bonchev–Trinajstić information content (AvgIpc) is 2.10. The number of sulfonamides is 1. The van der Waals surface area contributed by atoms with Crippen molar-refractivity contribution in [2.45, 2.75) is 0 Å². The van der Waals surface area contributed by atoms with E-state index in [1.54, 1.807) is 6.08 Å². The van der Waals surface area contributed by atoms with Crippen molar-refractivity contribution in [3.63, 3.8) is 0 Å². The van der Waals surface area contributed by atoms with Gasteiger partial charge in [-0.25, -0.2) is 13.6 Å². The minimum absolute atomic E-state index is 0.178. The summed E-state index contributed by atoms with van der Waals surface area (Å²) in [5.74, 6) is 0. The molecule has 1 rings (SSSR count). The van der Waals surface area contributed by atoms with Crippen molar-refractivity contribution >= 4 is 15.1 Å². The van der Waals surface area contributed by atoms with Crippen LogP contribution in [-0.4, -0.2) is 13.5 Å². The molecular formula is C5H7N3O2S. The Morgan fingerprint density at radius 3 is 2.82 bits per heavy atom. The van der Waals surface area contributed by atoms with Gasteiger partial charge >= 0.3 is 0 Å². The van der Waals surface area contributed by atoms with E-state index in [4.69, 9.17) is 5.14 Å². The molecule has 0 aromatic carbocycles. The fourth-order valence-electron chi connectivity index (χ4n) is 0.533. The standard InChI is InChI=1S/C5H7N3O2S/c6-11(9,10)5-3-1-2-4-7-8-5/h1-4,7H,(H2,6,9,10). The van der Waals surface area contributed by atoms with Crippen LogP contribution >= 0.6 is 0 Å². The predicted molar refractivity (Wildman–Crippen MR) is 42.0 cm³/mol. The van der Waals surface area contributed by atoms with E-state index in [-0.39, 0.29) is 5.04 Å². The van der Waals surface area contributed by atoms with E-state index in [9.17, 15) is 8.42 Å². The lowest BCUT2D eigenvalue weighted by Crippen LogP contribution is -2.22. The molecule has 0 radical (unpaired) electrons. The maximum absolute atomic E-state index is 10.7. The van der Waals surface area contributed by atoms with Crippen LogP contribution < -0.4 is 10.6 Å². The Morgan fingerprint density at radius 2 is 2.18 bits per heavy atom. The van der Waals surface area contributed by atoms with E-state index in [0.29, 0.717) is 0 Å². The second-order valence-corrected chi connectivity index (χ2v) is 3.35. The smallest absolute Gasteiger partial charge is 0.257 e. The van der Waals surface area contributed by atoms with E-state index < -0.39 is 10.0 Å². The molecule has 1 aliphatic rings. The zero-order valence-electron chi connectivity index (χ0n) is 5.56. The first-order chi connectivity index (χ1) is 5.11. The maximum Gasteiger partial charge on any atom is 0.257 e. The highest BCUT2D eigenvalue weighted by atomic mass is 32.2. The normalized spacial score (nSPS) is 17.0. The van der Waals surface area contributed by atoms with Gasteiger partial charge in [0.15, 0.2) is 5.04 Å². The average molecular weight is 173 g/mol. The van der Waals surface area contributed by atoms with Crippen LogP contribution in [0.3, 0.4) is 0 Å². The summed E-state index contributed by atoms with van der Waals surface area (Å²) in [7, 11) is -3.69. The van der Waals surface area contributed by atoms with Gasteiger partial charge in [0.25, 0.3) is 10.0 Å². The molecule has 0 aromatic rings. The van der Waals surface area contributed by atoms with Gasteiger partial charge in [0.1, 0.15) is 0 Å². The van der Waals surface area contributed by atoms with E-state index in [2.05, 4.69) is 10.5 Å². The minimum atomic E-state index is -3.69. The van der Waals surface area contributed by atoms with Gasteiger partial charge in [-0.1, -0.05) is 6.08 Å². The topological polar surface area (TPSA) is 84.6 Å². The fourth-order valence-corrected chi connectivity index (χ4v) is 0.981. The van der Waals surface area contributed by atoms with Crippen molar-refractivity contribution in [2.24, 2.45) is 10.2 Å². The van der Waals surface area contributed by atoms with E-state index >= 15 is 0 Å². The summed E-state index contributed by atoms with van der Waals surface area (Å²) in [6.07, 6.45) is 5.95. The molecule has 0 bridgehead atoms. The summed E-state index contributed by atoms with van der Waals surface area (Å²) in [5, 5.41) is 8.10. The fraction of sp³-hybridized carbons (Fsp3) is 0. The zero-order valence-corrected chi connectivity index (χ0v) is 6.38. The van der Waals surface area contributed by atoms with Crippen molar-refractivity contribution in [2.75, 3.05) is 0 Å². The highest BCUT2D eigenvalue weighted by Gasteiger charge is 2.10. The quantitative estimate of drug-likeness (QED) is 0.506. The number of allylic oxidation sites excluding steroid dienone is 2. The molecule has 1 heterocycles. The third-order valence-electron chi connectivity index (χ3n) is 0.987. The number of rotatable bonds is 0. The zero-order chi connectivity index (χ0) is 8.32. The number of hydrogen-bond acceptors (Lipinski definition) is 4. The Bertz CT molecular complexity index is 326. The molecule has 0 aromatic heterocycles. The molecule has 0 unspecified atom stereocenters. The van der Waals surface area contributed by atoms with Gasteiger partial charge in [0.05, 0.1) is 0 Å². The van der Waals surface area contributed by atoms with Crippen molar-refractivity contribution in [1.82, 2.24) is 5.43 Å². The molecule has 60 valence electrons. The number of nitrogens with two attached hydrogens (primary N) is 1. The molecule has 0 saturated carbocycles. The summed E-state index contributed by atoms with van der Waals surface area (Å²) in [6, 6.07) is 0. The van der Waals surface area contributed by atoms with Crippen molar-refractivity contribution in [1.29, 1.82) is 0 Å². The first kappa shape index (κ1) is 7.96. The van der Waals surface area contributed by atoms with Gasteiger partial charge in [0.2, 0.25) is 0 Å².